The van der Waals surface area contributed by atoms with Crippen molar-refractivity contribution in [1.82, 2.24) is 4.90 Å². The molecule has 0 saturated heterocycles. The minimum atomic E-state index is -0.726. The van der Waals surface area contributed by atoms with E-state index in [0.29, 0.717) is 5.57 Å². The minimum Gasteiger partial charge on any atom is -0.326 e. The summed E-state index contributed by atoms with van der Waals surface area (Å²) >= 11 is 0. The van der Waals surface area contributed by atoms with Crippen molar-refractivity contribution in [3.63, 3.8) is 0 Å². The predicted molar refractivity (Wildman–Crippen MR) is 122 cm³/mol. The Kier molecular flexibility index (Phi) is 9.37. The number of benzene rings is 1. The molecule has 2 atom stereocenters. The van der Waals surface area contributed by atoms with Crippen LogP contribution in [0.2, 0.25) is 0 Å². The van der Waals surface area contributed by atoms with Gasteiger partial charge in [-0.15, -0.1) is 0 Å². The molecule has 0 aromatic heterocycles. The summed E-state index contributed by atoms with van der Waals surface area (Å²) in [5, 5.41) is 0. The lowest BCUT2D eigenvalue weighted by atomic mass is 9.86. The molecule has 1 aromatic carbocycles. The zero-order valence-electron chi connectivity index (χ0n) is 18.9. The first-order valence-electron chi connectivity index (χ1n) is 10.3. The van der Waals surface area contributed by atoms with Gasteiger partial charge in [0.05, 0.1) is 12.1 Å². The molecule has 0 radical (unpaired) electrons. The number of nitrogens with two attached hydrogens (primary N) is 1. The number of nitrogens with zero attached hydrogens (tertiary/aromatic N) is 1. The van der Waals surface area contributed by atoms with Crippen molar-refractivity contribution in [2.24, 2.45) is 11.1 Å². The standard InChI is InChI=1S/C23H28F2N2O.C2H6/c1-6-8-15(9-7-2)20-12-16(18-13-17(24)10-11-19(18)25)14-27(20)22(28)21(26)23(3,4)5;1-2/h6-13,20-21H,1,14,26H2,2-5H3;1-2H3/b9-7-,15-8+;. The quantitative estimate of drug-likeness (QED) is 0.631. The third-order valence-corrected chi connectivity index (χ3v) is 4.80. The number of hydrogen-bond acceptors (Lipinski definition) is 2. The van der Waals surface area contributed by atoms with Gasteiger partial charge in [-0.25, -0.2) is 8.78 Å². The van der Waals surface area contributed by atoms with Crippen molar-refractivity contribution in [3.05, 3.63) is 77.9 Å². The summed E-state index contributed by atoms with van der Waals surface area (Å²) in [6, 6.07) is 2.16. The van der Waals surface area contributed by atoms with Gasteiger partial charge in [-0.2, -0.15) is 0 Å². The van der Waals surface area contributed by atoms with Crippen molar-refractivity contribution in [2.45, 2.75) is 53.6 Å². The molecule has 0 fully saturated rings. The molecule has 1 heterocycles. The first-order chi connectivity index (χ1) is 14.1. The molecule has 1 aliphatic rings. The van der Waals surface area contributed by atoms with E-state index in [4.69, 9.17) is 5.73 Å². The molecular weight excluding hydrogens is 382 g/mol. The Bertz CT molecular complexity index is 847. The highest BCUT2D eigenvalue weighted by Gasteiger charge is 2.38. The molecule has 1 aliphatic heterocycles. The largest absolute Gasteiger partial charge is 0.326 e. The van der Waals surface area contributed by atoms with E-state index in [1.165, 1.54) is 0 Å². The van der Waals surface area contributed by atoms with Gasteiger partial charge in [-0.05, 0) is 41.7 Å². The van der Waals surface area contributed by atoms with Crippen molar-refractivity contribution in [1.29, 1.82) is 0 Å². The second-order valence-corrected chi connectivity index (χ2v) is 7.97. The predicted octanol–water partition coefficient (Wildman–Crippen LogP) is 5.65. The summed E-state index contributed by atoms with van der Waals surface area (Å²) in [5.74, 6) is -1.29. The van der Waals surface area contributed by atoms with Crippen LogP contribution in [-0.2, 0) is 4.79 Å². The minimum absolute atomic E-state index is 0.152. The SMILES string of the molecule is C=C/C=C(\C=C/C)C1C=C(c2cc(F)ccc2F)CN1C(=O)C(N)C(C)(C)C.CC. The summed E-state index contributed by atoms with van der Waals surface area (Å²) in [7, 11) is 0. The zero-order valence-corrected chi connectivity index (χ0v) is 18.9. The lowest BCUT2D eigenvalue weighted by Crippen LogP contribution is -2.52. The highest BCUT2D eigenvalue weighted by molar-refractivity contribution is 5.88. The van der Waals surface area contributed by atoms with Gasteiger partial charge < -0.3 is 10.6 Å². The van der Waals surface area contributed by atoms with E-state index in [0.717, 1.165) is 23.8 Å². The van der Waals surface area contributed by atoms with Crippen LogP contribution in [0.5, 0.6) is 0 Å². The maximum atomic E-state index is 14.3. The smallest absolute Gasteiger partial charge is 0.241 e. The Morgan fingerprint density at radius 1 is 1.30 bits per heavy atom. The van der Waals surface area contributed by atoms with Crippen molar-refractivity contribution in [2.75, 3.05) is 6.54 Å². The van der Waals surface area contributed by atoms with Gasteiger partial charge in [0.25, 0.3) is 0 Å². The fourth-order valence-corrected chi connectivity index (χ4v) is 3.16. The number of rotatable bonds is 5. The van der Waals surface area contributed by atoms with Gasteiger partial charge >= 0.3 is 0 Å². The van der Waals surface area contributed by atoms with Crippen LogP contribution in [0.4, 0.5) is 8.78 Å². The molecule has 1 amide bonds. The number of carbonyl (C=O) groups excluding carboxylic acids is 1. The highest BCUT2D eigenvalue weighted by Crippen LogP contribution is 2.33. The van der Waals surface area contributed by atoms with Crippen LogP contribution in [0.1, 0.15) is 47.1 Å². The number of carbonyl (C=O) groups is 1. The van der Waals surface area contributed by atoms with Gasteiger partial charge in [0.2, 0.25) is 5.91 Å². The molecule has 30 heavy (non-hydrogen) atoms. The van der Waals surface area contributed by atoms with Gasteiger partial charge in [0.1, 0.15) is 11.6 Å². The van der Waals surface area contributed by atoms with Gasteiger partial charge in [0, 0.05) is 12.1 Å². The van der Waals surface area contributed by atoms with E-state index < -0.39 is 29.1 Å². The number of allylic oxidation sites excluding steroid dienone is 3. The van der Waals surface area contributed by atoms with Crippen LogP contribution in [0.25, 0.3) is 5.57 Å². The molecule has 3 nitrogen and oxygen atoms in total. The molecular formula is C25H34F2N2O. The van der Waals surface area contributed by atoms with Crippen LogP contribution >= 0.6 is 0 Å². The van der Waals surface area contributed by atoms with Gasteiger partial charge in [-0.1, -0.05) is 71.6 Å². The first-order valence-corrected chi connectivity index (χ1v) is 10.3. The number of amides is 1. The second-order valence-electron chi connectivity index (χ2n) is 7.97. The molecule has 0 aliphatic carbocycles. The highest BCUT2D eigenvalue weighted by atomic mass is 19.1. The van der Waals surface area contributed by atoms with Crippen LogP contribution < -0.4 is 5.73 Å². The summed E-state index contributed by atoms with van der Waals surface area (Å²) in [5.41, 5.74) is 7.31. The third kappa shape index (κ3) is 5.99. The lowest BCUT2D eigenvalue weighted by Gasteiger charge is -2.33. The average Bonchev–Trinajstić information content (AvgIpc) is 3.14. The van der Waals surface area contributed by atoms with E-state index >= 15 is 0 Å². The third-order valence-electron chi connectivity index (χ3n) is 4.80. The molecule has 2 N–H and O–H groups in total. The maximum absolute atomic E-state index is 14.3. The fourth-order valence-electron chi connectivity index (χ4n) is 3.16. The molecule has 1 aromatic rings. The fraction of sp³-hybridized carbons (Fsp3) is 0.400. The van der Waals surface area contributed by atoms with Crippen molar-refractivity contribution in [3.8, 4) is 0 Å². The Morgan fingerprint density at radius 3 is 2.47 bits per heavy atom. The Balaban J connectivity index is 0.00000218. The second kappa shape index (κ2) is 11.0. The van der Waals surface area contributed by atoms with Crippen molar-refractivity contribution >= 4 is 11.5 Å². The molecule has 0 bridgehead atoms. The molecule has 0 saturated carbocycles. The molecule has 164 valence electrons. The molecule has 5 heteroatoms. The van der Waals surface area contributed by atoms with Crippen molar-refractivity contribution < 1.29 is 13.6 Å². The summed E-state index contributed by atoms with van der Waals surface area (Å²) < 4.78 is 28.0. The van der Waals surface area contributed by atoms with Crippen LogP contribution in [0.3, 0.4) is 0 Å². The summed E-state index contributed by atoms with van der Waals surface area (Å²) in [6.07, 6.45) is 8.96. The average molecular weight is 417 g/mol. The Labute approximate surface area is 179 Å². The van der Waals surface area contributed by atoms with E-state index in [2.05, 4.69) is 6.58 Å². The number of halogens is 2. The maximum Gasteiger partial charge on any atom is 0.241 e. The van der Waals surface area contributed by atoms with Crippen LogP contribution in [-0.4, -0.2) is 29.4 Å². The van der Waals surface area contributed by atoms with Crippen LogP contribution in [0, 0.1) is 17.0 Å². The topological polar surface area (TPSA) is 46.3 Å². The lowest BCUT2D eigenvalue weighted by molar-refractivity contribution is -0.134. The number of hydrogen-bond donors (Lipinski definition) is 1. The Morgan fingerprint density at radius 2 is 1.93 bits per heavy atom. The molecule has 2 unspecified atom stereocenters. The van der Waals surface area contributed by atoms with Gasteiger partial charge in [0.15, 0.2) is 0 Å². The van der Waals surface area contributed by atoms with E-state index in [1.54, 1.807) is 23.1 Å². The van der Waals surface area contributed by atoms with Crippen LogP contribution in [0.15, 0.2) is 60.7 Å². The summed E-state index contributed by atoms with van der Waals surface area (Å²) in [4.78, 5) is 14.8. The Hall–Kier alpha value is -2.53. The zero-order chi connectivity index (χ0) is 23.1. The van der Waals surface area contributed by atoms with E-state index in [1.807, 2.05) is 53.7 Å². The monoisotopic (exact) mass is 416 g/mol. The van der Waals surface area contributed by atoms with E-state index in [-0.39, 0.29) is 18.0 Å². The van der Waals surface area contributed by atoms with E-state index in [9.17, 15) is 13.6 Å². The molecule has 0 spiro atoms. The molecule has 2 rings (SSSR count). The van der Waals surface area contributed by atoms with Gasteiger partial charge in [-0.3, -0.25) is 4.79 Å². The normalized spacial score (nSPS) is 18.0. The first kappa shape index (κ1) is 25.5. The summed E-state index contributed by atoms with van der Waals surface area (Å²) in [6.45, 7) is 15.4.